The summed E-state index contributed by atoms with van der Waals surface area (Å²) in [6.07, 6.45) is 5.82. The van der Waals surface area contributed by atoms with Gasteiger partial charge in [0, 0.05) is 19.8 Å². The quantitative estimate of drug-likeness (QED) is 0.338. The van der Waals surface area contributed by atoms with E-state index in [1.54, 1.807) is 22.8 Å². The molecule has 1 aliphatic heterocycles. The average molecular weight is 251 g/mol. The van der Waals surface area contributed by atoms with Crippen LogP contribution in [-0.2, 0) is 7.05 Å². The highest BCUT2D eigenvalue weighted by atomic mass is 16.4. The van der Waals surface area contributed by atoms with Crippen molar-refractivity contribution >= 4 is 11.7 Å². The van der Waals surface area contributed by atoms with Crippen molar-refractivity contribution in [1.29, 1.82) is 0 Å². The third kappa shape index (κ3) is 2.29. The first kappa shape index (κ1) is 12.4. The molecular weight excluding hydrogens is 234 g/mol. The Labute approximate surface area is 105 Å². The molecule has 2 rings (SSSR count). The molecule has 0 aromatic carbocycles. The highest BCUT2D eigenvalue weighted by Crippen LogP contribution is 2.19. The molecule has 1 saturated heterocycles. The molecule has 1 unspecified atom stereocenters. The molecule has 2 heterocycles. The predicted octanol–water partition coefficient (Wildman–Crippen LogP) is 0.161. The summed E-state index contributed by atoms with van der Waals surface area (Å²) in [6, 6.07) is -0.323. The summed E-state index contributed by atoms with van der Waals surface area (Å²) < 4.78 is 1.58. The van der Waals surface area contributed by atoms with Gasteiger partial charge in [0.05, 0.1) is 17.8 Å². The van der Waals surface area contributed by atoms with Gasteiger partial charge in [-0.3, -0.25) is 9.48 Å². The molecule has 0 saturated carbocycles. The van der Waals surface area contributed by atoms with Gasteiger partial charge >= 0.3 is 0 Å². The third-order valence-corrected chi connectivity index (χ3v) is 3.17. The number of carbonyl (C=O) groups is 1. The van der Waals surface area contributed by atoms with Crippen molar-refractivity contribution < 1.29 is 10.0 Å². The molecule has 98 valence electrons. The maximum Gasteiger partial charge on any atom is 0.257 e. The highest BCUT2D eigenvalue weighted by molar-refractivity contribution is 5.98. The van der Waals surface area contributed by atoms with Gasteiger partial charge in [-0.25, -0.2) is 0 Å². The van der Waals surface area contributed by atoms with Gasteiger partial charge in [-0.05, 0) is 19.3 Å². The lowest BCUT2D eigenvalue weighted by Gasteiger charge is -2.34. The Morgan fingerprint density at radius 2 is 2.39 bits per heavy atom. The Kier molecular flexibility index (Phi) is 3.50. The minimum absolute atomic E-state index is 0.0898. The molecule has 1 aromatic heterocycles. The molecule has 3 N–H and O–H groups in total. The van der Waals surface area contributed by atoms with Gasteiger partial charge in [-0.1, -0.05) is 5.16 Å². The summed E-state index contributed by atoms with van der Waals surface area (Å²) in [5, 5.41) is 15.8. The monoisotopic (exact) mass is 251 g/mol. The lowest BCUT2D eigenvalue weighted by atomic mass is 10.0. The van der Waals surface area contributed by atoms with Gasteiger partial charge in [-0.15, -0.1) is 0 Å². The first-order chi connectivity index (χ1) is 8.63. The molecule has 1 fully saturated rings. The van der Waals surface area contributed by atoms with Gasteiger partial charge in [-0.2, -0.15) is 5.10 Å². The van der Waals surface area contributed by atoms with E-state index in [-0.39, 0.29) is 17.8 Å². The Hall–Kier alpha value is -2.05. The molecular formula is C11H17N5O2. The molecule has 7 nitrogen and oxygen atoms in total. The molecule has 1 aliphatic rings. The van der Waals surface area contributed by atoms with E-state index >= 15 is 0 Å². The summed E-state index contributed by atoms with van der Waals surface area (Å²) in [5.74, 6) is -0.0358. The van der Waals surface area contributed by atoms with E-state index in [2.05, 4.69) is 10.3 Å². The summed E-state index contributed by atoms with van der Waals surface area (Å²) in [6.45, 7) is 0.620. The van der Waals surface area contributed by atoms with Crippen molar-refractivity contribution in [2.45, 2.75) is 25.3 Å². The van der Waals surface area contributed by atoms with Crippen molar-refractivity contribution in [3.63, 3.8) is 0 Å². The zero-order valence-corrected chi connectivity index (χ0v) is 10.3. The van der Waals surface area contributed by atoms with Crippen LogP contribution in [-0.4, -0.2) is 44.2 Å². The second-order valence-corrected chi connectivity index (χ2v) is 4.44. The van der Waals surface area contributed by atoms with Gasteiger partial charge in [0.1, 0.15) is 0 Å². The highest BCUT2D eigenvalue weighted by Gasteiger charge is 2.30. The zero-order chi connectivity index (χ0) is 13.1. The number of nitrogens with two attached hydrogens (primary N) is 1. The fourth-order valence-corrected chi connectivity index (χ4v) is 2.25. The van der Waals surface area contributed by atoms with E-state index in [4.69, 9.17) is 10.9 Å². The Morgan fingerprint density at radius 1 is 1.61 bits per heavy atom. The van der Waals surface area contributed by atoms with Crippen LogP contribution < -0.4 is 5.73 Å². The van der Waals surface area contributed by atoms with Crippen molar-refractivity contribution in [2.75, 3.05) is 6.54 Å². The SMILES string of the molecule is Cn1cc(C(=O)N2CCCCC2C(N)=NO)cn1. The number of rotatable bonds is 2. The first-order valence-electron chi connectivity index (χ1n) is 5.90. The number of hydrogen-bond acceptors (Lipinski definition) is 4. The molecule has 0 spiro atoms. The molecule has 1 atom stereocenters. The molecule has 1 aromatic rings. The topological polar surface area (TPSA) is 96.7 Å². The van der Waals surface area contributed by atoms with Gasteiger partial charge in [0.25, 0.3) is 5.91 Å². The predicted molar refractivity (Wildman–Crippen MR) is 65.3 cm³/mol. The Morgan fingerprint density at radius 3 is 3.00 bits per heavy atom. The largest absolute Gasteiger partial charge is 0.409 e. The second-order valence-electron chi connectivity index (χ2n) is 4.44. The van der Waals surface area contributed by atoms with E-state index in [1.807, 2.05) is 0 Å². The lowest BCUT2D eigenvalue weighted by Crippen LogP contribution is -2.50. The number of hydrogen-bond donors (Lipinski definition) is 2. The van der Waals surface area contributed by atoms with Crippen LogP contribution >= 0.6 is 0 Å². The molecule has 1 amide bonds. The molecule has 0 aliphatic carbocycles. The van der Waals surface area contributed by atoms with E-state index < -0.39 is 0 Å². The number of amides is 1. The van der Waals surface area contributed by atoms with Crippen molar-refractivity contribution in [2.24, 2.45) is 17.9 Å². The smallest absolute Gasteiger partial charge is 0.257 e. The van der Waals surface area contributed by atoms with Crippen molar-refractivity contribution in [1.82, 2.24) is 14.7 Å². The second kappa shape index (κ2) is 5.07. The van der Waals surface area contributed by atoms with Crippen LogP contribution in [0.3, 0.4) is 0 Å². The summed E-state index contributed by atoms with van der Waals surface area (Å²) in [5.41, 5.74) is 6.17. The number of aryl methyl sites for hydroxylation is 1. The van der Waals surface area contributed by atoms with Crippen LogP contribution in [0.15, 0.2) is 17.5 Å². The van der Waals surface area contributed by atoms with Crippen molar-refractivity contribution in [3.05, 3.63) is 18.0 Å². The number of nitrogens with zero attached hydrogens (tertiary/aromatic N) is 4. The van der Waals surface area contributed by atoms with Crippen LogP contribution in [0.2, 0.25) is 0 Å². The molecule has 7 heteroatoms. The zero-order valence-electron chi connectivity index (χ0n) is 10.3. The van der Waals surface area contributed by atoms with Crippen molar-refractivity contribution in [3.8, 4) is 0 Å². The van der Waals surface area contributed by atoms with Crippen LogP contribution in [0.25, 0.3) is 0 Å². The van der Waals surface area contributed by atoms with E-state index in [0.717, 1.165) is 19.3 Å². The maximum atomic E-state index is 12.3. The normalized spacial score (nSPS) is 21.1. The standard InChI is InChI=1S/C11H17N5O2/c1-15-7-8(6-13-15)11(17)16-5-3-2-4-9(16)10(12)14-18/h6-7,9,18H,2-5H2,1H3,(H2,12,14). The van der Waals surface area contributed by atoms with Gasteiger partial charge in [0.2, 0.25) is 0 Å². The van der Waals surface area contributed by atoms with Crippen LogP contribution in [0.5, 0.6) is 0 Å². The molecule has 0 bridgehead atoms. The number of piperidine rings is 1. The minimum Gasteiger partial charge on any atom is -0.409 e. The van der Waals surface area contributed by atoms with E-state index in [1.165, 1.54) is 6.20 Å². The first-order valence-corrected chi connectivity index (χ1v) is 5.90. The van der Waals surface area contributed by atoms with Crippen LogP contribution in [0, 0.1) is 0 Å². The summed E-state index contributed by atoms with van der Waals surface area (Å²) in [4.78, 5) is 14.0. The van der Waals surface area contributed by atoms with Gasteiger partial charge in [0.15, 0.2) is 5.84 Å². The lowest BCUT2D eigenvalue weighted by molar-refractivity contribution is 0.0676. The van der Waals surface area contributed by atoms with E-state index in [9.17, 15) is 4.79 Å². The number of oxime groups is 1. The van der Waals surface area contributed by atoms with E-state index in [0.29, 0.717) is 12.1 Å². The van der Waals surface area contributed by atoms with Gasteiger partial charge < -0.3 is 15.8 Å². The Bertz CT molecular complexity index is 468. The molecule has 0 radical (unpaired) electrons. The Balaban J connectivity index is 2.21. The third-order valence-electron chi connectivity index (χ3n) is 3.17. The fraction of sp³-hybridized carbons (Fsp3) is 0.545. The number of carbonyl (C=O) groups excluding carboxylic acids is 1. The summed E-state index contributed by atoms with van der Waals surface area (Å²) >= 11 is 0. The maximum absolute atomic E-state index is 12.3. The van der Waals surface area contributed by atoms with Crippen LogP contribution in [0.1, 0.15) is 29.6 Å². The summed E-state index contributed by atoms with van der Waals surface area (Å²) in [7, 11) is 1.76. The number of amidine groups is 1. The number of likely N-dealkylation sites (tertiary alicyclic amines) is 1. The minimum atomic E-state index is -0.323. The number of aromatic nitrogens is 2. The average Bonchev–Trinajstić information content (AvgIpc) is 2.83. The fourth-order valence-electron chi connectivity index (χ4n) is 2.25. The molecule has 18 heavy (non-hydrogen) atoms. The van der Waals surface area contributed by atoms with Crippen LogP contribution in [0.4, 0.5) is 0 Å².